The van der Waals surface area contributed by atoms with Crippen molar-refractivity contribution in [3.63, 3.8) is 0 Å². The Morgan fingerprint density at radius 1 is 0.304 bits per heavy atom. The fraction of sp³-hybridized carbons (Fsp3) is 0.105. The summed E-state index contributed by atoms with van der Waals surface area (Å²) in [7, 11) is 0. The maximum Gasteiger partial charge on any atom is 0.150 e. The molecule has 4 atom stereocenters. The van der Waals surface area contributed by atoms with E-state index in [0.29, 0.717) is 64.0 Å². The highest BCUT2D eigenvalue weighted by atomic mass is 32.1. The Hall–Kier alpha value is -3.70. The molecular formula is C38H26O4S4. The molecule has 46 heavy (non-hydrogen) atoms. The minimum absolute atomic E-state index is 0.464. The summed E-state index contributed by atoms with van der Waals surface area (Å²) in [5.74, 6) is 0. The Labute approximate surface area is 281 Å². The Bertz CT molecular complexity index is 1910. The Morgan fingerprint density at radius 2 is 0.543 bits per heavy atom. The number of fused-ring (bicyclic) bond motifs is 4. The minimum Gasteiger partial charge on any atom is -0.375 e. The van der Waals surface area contributed by atoms with E-state index in [1.165, 1.54) is 45.3 Å². The SMILES string of the molecule is O[C@]1(c2cccs2)c2ccccc2[C@](O)(c2cccs2)c2cc3c(cc21)[C@@](O)(c1cccs1)c1ccccc1[C@@]3(O)c1cccs1. The van der Waals surface area contributed by atoms with E-state index in [-0.39, 0.29) is 0 Å². The largest absolute Gasteiger partial charge is 0.375 e. The van der Waals surface area contributed by atoms with Gasteiger partial charge in [0.05, 0.1) is 0 Å². The predicted molar refractivity (Wildman–Crippen MR) is 185 cm³/mol. The van der Waals surface area contributed by atoms with Crippen molar-refractivity contribution in [2.24, 2.45) is 0 Å². The molecule has 9 rings (SSSR count). The van der Waals surface area contributed by atoms with E-state index in [4.69, 9.17) is 0 Å². The molecule has 8 heteroatoms. The van der Waals surface area contributed by atoms with Crippen molar-refractivity contribution in [2.75, 3.05) is 0 Å². The van der Waals surface area contributed by atoms with Gasteiger partial charge in [0.2, 0.25) is 0 Å². The summed E-state index contributed by atoms with van der Waals surface area (Å²) in [6.45, 7) is 0. The topological polar surface area (TPSA) is 80.9 Å². The minimum atomic E-state index is -1.65. The second kappa shape index (κ2) is 9.90. The van der Waals surface area contributed by atoms with Crippen molar-refractivity contribution in [2.45, 2.75) is 22.4 Å². The number of aliphatic hydroxyl groups is 4. The first-order valence-electron chi connectivity index (χ1n) is 14.8. The van der Waals surface area contributed by atoms with Crippen molar-refractivity contribution < 1.29 is 20.4 Å². The number of hydrogen-bond acceptors (Lipinski definition) is 8. The van der Waals surface area contributed by atoms with Crippen molar-refractivity contribution in [3.05, 3.63) is 195 Å². The molecule has 4 N–H and O–H groups in total. The summed E-state index contributed by atoms with van der Waals surface area (Å²) in [6.07, 6.45) is 0. The predicted octanol–water partition coefficient (Wildman–Crippen LogP) is 7.70. The van der Waals surface area contributed by atoms with Crippen molar-refractivity contribution in [1.82, 2.24) is 0 Å². The van der Waals surface area contributed by atoms with Gasteiger partial charge < -0.3 is 20.4 Å². The van der Waals surface area contributed by atoms with Crippen LogP contribution in [-0.2, 0) is 22.4 Å². The van der Waals surface area contributed by atoms with Gasteiger partial charge in [-0.15, -0.1) is 45.3 Å². The first kappa shape index (κ1) is 28.5. The number of thiophene rings is 4. The fourth-order valence-corrected chi connectivity index (χ4v) is 11.0. The van der Waals surface area contributed by atoms with E-state index in [2.05, 4.69) is 0 Å². The smallest absolute Gasteiger partial charge is 0.150 e. The third kappa shape index (κ3) is 3.45. The Morgan fingerprint density at radius 3 is 0.739 bits per heavy atom. The molecule has 3 aromatic carbocycles. The third-order valence-electron chi connectivity index (χ3n) is 9.64. The maximum atomic E-state index is 13.1. The van der Waals surface area contributed by atoms with E-state index in [1.807, 2.05) is 131 Å². The normalized spacial score (nSPS) is 26.2. The Kier molecular flexibility index (Phi) is 6.14. The van der Waals surface area contributed by atoms with E-state index >= 15 is 0 Å². The van der Waals surface area contributed by atoms with Gasteiger partial charge in [0.1, 0.15) is 22.4 Å². The van der Waals surface area contributed by atoms with Gasteiger partial charge in [-0.25, -0.2) is 0 Å². The van der Waals surface area contributed by atoms with Crippen LogP contribution in [0.15, 0.2) is 131 Å². The van der Waals surface area contributed by atoms with Gasteiger partial charge in [0.15, 0.2) is 0 Å². The number of hydrogen-bond donors (Lipinski definition) is 4. The van der Waals surface area contributed by atoms with Crippen LogP contribution in [0.4, 0.5) is 0 Å². The molecule has 4 heterocycles. The van der Waals surface area contributed by atoms with Crippen LogP contribution in [0.2, 0.25) is 0 Å². The van der Waals surface area contributed by atoms with Crippen LogP contribution in [0.1, 0.15) is 64.0 Å². The average molecular weight is 675 g/mol. The third-order valence-corrected chi connectivity index (χ3v) is 13.6. The first-order chi connectivity index (χ1) is 22.3. The van der Waals surface area contributed by atoms with Gasteiger partial charge in [-0.1, -0.05) is 72.8 Å². The first-order valence-corrected chi connectivity index (χ1v) is 18.3. The van der Waals surface area contributed by atoms with Crippen LogP contribution < -0.4 is 0 Å². The molecule has 0 fully saturated rings. The van der Waals surface area contributed by atoms with Gasteiger partial charge in [-0.3, -0.25) is 0 Å². The van der Waals surface area contributed by atoms with Gasteiger partial charge in [0, 0.05) is 64.0 Å². The van der Waals surface area contributed by atoms with Crippen LogP contribution in [0.25, 0.3) is 0 Å². The summed E-state index contributed by atoms with van der Waals surface area (Å²) >= 11 is 5.75. The summed E-state index contributed by atoms with van der Waals surface area (Å²) in [6, 6.07) is 33.9. The van der Waals surface area contributed by atoms with Crippen molar-refractivity contribution >= 4 is 45.3 Å². The van der Waals surface area contributed by atoms with Crippen LogP contribution in [0.3, 0.4) is 0 Å². The lowest BCUT2D eigenvalue weighted by Crippen LogP contribution is -2.47. The highest BCUT2D eigenvalue weighted by molar-refractivity contribution is 7.11. The standard InChI is InChI=1S/C38H26O4S4/c39-35(31-13-5-17-43-31)23-9-1-2-10-24(23)36(40,32-14-6-18-44-32)28-22-30-29(21-27(28)35)37(41,33-15-7-19-45-33)25-11-3-4-12-26(25)38(30,42)34-16-8-20-46-34/h1-22,39-42H/t35-,36-,37-,38+/m1/s1. The number of rotatable bonds is 4. The van der Waals surface area contributed by atoms with Crippen LogP contribution >= 0.6 is 45.3 Å². The lowest BCUT2D eigenvalue weighted by Gasteiger charge is -2.48. The Balaban J connectivity index is 1.49. The molecule has 0 saturated carbocycles. The van der Waals surface area contributed by atoms with Gasteiger partial charge in [-0.05, 0) is 57.9 Å². The quantitative estimate of drug-likeness (QED) is 0.154. The van der Waals surface area contributed by atoms with Gasteiger partial charge in [0.25, 0.3) is 0 Å². The lowest BCUT2D eigenvalue weighted by atomic mass is 9.61. The molecule has 2 aliphatic rings. The van der Waals surface area contributed by atoms with Crippen molar-refractivity contribution in [1.29, 1.82) is 0 Å². The summed E-state index contributed by atoms with van der Waals surface area (Å²) in [5.41, 5.74) is -2.43. The molecule has 0 aliphatic heterocycles. The molecule has 0 bridgehead atoms. The van der Waals surface area contributed by atoms with Crippen LogP contribution in [0.5, 0.6) is 0 Å². The zero-order valence-corrected chi connectivity index (χ0v) is 27.4. The molecule has 7 aromatic rings. The van der Waals surface area contributed by atoms with E-state index in [0.717, 1.165) is 0 Å². The molecule has 4 aromatic heterocycles. The molecule has 0 amide bonds. The molecule has 0 radical (unpaired) electrons. The maximum absolute atomic E-state index is 13.1. The zero-order valence-electron chi connectivity index (χ0n) is 24.1. The zero-order chi connectivity index (χ0) is 31.3. The monoisotopic (exact) mass is 674 g/mol. The second-order valence-electron chi connectivity index (χ2n) is 11.8. The molecular weight excluding hydrogens is 649 g/mol. The molecule has 0 unspecified atom stereocenters. The van der Waals surface area contributed by atoms with E-state index in [9.17, 15) is 20.4 Å². The fourth-order valence-electron chi connectivity index (χ4n) is 7.61. The molecule has 0 saturated heterocycles. The highest BCUT2D eigenvalue weighted by Gasteiger charge is 2.57. The molecule has 2 aliphatic carbocycles. The average Bonchev–Trinajstić information content (AvgIpc) is 3.94. The lowest BCUT2D eigenvalue weighted by molar-refractivity contribution is 0.0681. The number of benzene rings is 3. The van der Waals surface area contributed by atoms with E-state index in [1.54, 1.807) is 0 Å². The molecule has 0 spiro atoms. The van der Waals surface area contributed by atoms with Crippen LogP contribution in [0, 0.1) is 0 Å². The van der Waals surface area contributed by atoms with Gasteiger partial charge >= 0.3 is 0 Å². The molecule has 226 valence electrons. The van der Waals surface area contributed by atoms with E-state index < -0.39 is 22.4 Å². The summed E-state index contributed by atoms with van der Waals surface area (Å²) in [4.78, 5) is 2.77. The van der Waals surface area contributed by atoms with Crippen LogP contribution in [-0.4, -0.2) is 20.4 Å². The summed E-state index contributed by atoms with van der Waals surface area (Å²) in [5, 5.41) is 60.3. The van der Waals surface area contributed by atoms with Gasteiger partial charge in [-0.2, -0.15) is 0 Å². The summed E-state index contributed by atoms with van der Waals surface area (Å²) < 4.78 is 0. The highest BCUT2D eigenvalue weighted by Crippen LogP contribution is 2.60. The second-order valence-corrected chi connectivity index (χ2v) is 15.6. The molecule has 4 nitrogen and oxygen atoms in total. The van der Waals surface area contributed by atoms with Crippen molar-refractivity contribution in [3.8, 4) is 0 Å².